The van der Waals surface area contributed by atoms with Crippen molar-refractivity contribution in [3.05, 3.63) is 35.4 Å². The van der Waals surface area contributed by atoms with Gasteiger partial charge in [-0.3, -0.25) is 4.90 Å². The fourth-order valence-electron chi connectivity index (χ4n) is 2.45. The average Bonchev–Trinajstić information content (AvgIpc) is 2.39. The highest BCUT2D eigenvalue weighted by molar-refractivity contribution is 5.32. The van der Waals surface area contributed by atoms with Crippen molar-refractivity contribution >= 4 is 0 Å². The second-order valence-corrected chi connectivity index (χ2v) is 4.61. The quantitative estimate of drug-likeness (QED) is 0.862. The van der Waals surface area contributed by atoms with Crippen LogP contribution in [0.25, 0.3) is 0 Å². The molecule has 1 fully saturated rings. The van der Waals surface area contributed by atoms with Gasteiger partial charge in [0.1, 0.15) is 0 Å². The molecule has 1 heterocycles. The minimum Gasteiger partial charge on any atom is -0.395 e. The Kier molecular flexibility index (Phi) is 4.13. The molecule has 17 heavy (non-hydrogen) atoms. The van der Waals surface area contributed by atoms with Crippen molar-refractivity contribution in [3.63, 3.8) is 0 Å². The molecule has 0 aromatic heterocycles. The van der Waals surface area contributed by atoms with Crippen LogP contribution in [0.15, 0.2) is 24.3 Å². The van der Waals surface area contributed by atoms with E-state index < -0.39 is 0 Å². The predicted molar refractivity (Wildman–Crippen MR) is 66.3 cm³/mol. The number of benzene rings is 1. The number of piperidine rings is 1. The number of hydrogen-bond acceptors (Lipinski definition) is 3. The van der Waals surface area contributed by atoms with Crippen LogP contribution in [-0.2, 0) is 6.54 Å². The molecule has 1 aliphatic rings. The van der Waals surface area contributed by atoms with Crippen LogP contribution < -0.4 is 0 Å². The Bertz CT molecular complexity index is 411. The second kappa shape index (κ2) is 5.81. The summed E-state index contributed by atoms with van der Waals surface area (Å²) in [5, 5.41) is 18.2. The van der Waals surface area contributed by atoms with Gasteiger partial charge >= 0.3 is 0 Å². The molecule has 0 bridgehead atoms. The first-order chi connectivity index (χ1) is 8.33. The highest BCUT2D eigenvalue weighted by Crippen LogP contribution is 2.19. The van der Waals surface area contributed by atoms with E-state index in [0.717, 1.165) is 25.1 Å². The van der Waals surface area contributed by atoms with Crippen LogP contribution in [0.1, 0.15) is 30.4 Å². The lowest BCUT2D eigenvalue weighted by Crippen LogP contribution is -2.41. The first-order valence-electron chi connectivity index (χ1n) is 6.17. The lowest BCUT2D eigenvalue weighted by Gasteiger charge is -2.34. The summed E-state index contributed by atoms with van der Waals surface area (Å²) in [7, 11) is 0. The summed E-state index contributed by atoms with van der Waals surface area (Å²) < 4.78 is 0. The van der Waals surface area contributed by atoms with Crippen LogP contribution in [0, 0.1) is 11.3 Å². The number of hydrogen-bond donors (Lipinski definition) is 1. The number of rotatable bonds is 3. The normalized spacial score (nSPS) is 21.1. The maximum Gasteiger partial charge on any atom is 0.0991 e. The number of nitrogens with zero attached hydrogens (tertiary/aromatic N) is 2. The van der Waals surface area contributed by atoms with E-state index in [1.807, 2.05) is 24.3 Å². The number of likely N-dealkylation sites (tertiary alicyclic amines) is 1. The Morgan fingerprint density at radius 2 is 2.29 bits per heavy atom. The van der Waals surface area contributed by atoms with E-state index in [2.05, 4.69) is 11.0 Å². The molecule has 1 aromatic rings. The highest BCUT2D eigenvalue weighted by Gasteiger charge is 2.21. The van der Waals surface area contributed by atoms with Crippen molar-refractivity contribution in [2.24, 2.45) is 0 Å². The van der Waals surface area contributed by atoms with Crippen molar-refractivity contribution in [1.82, 2.24) is 4.90 Å². The van der Waals surface area contributed by atoms with Crippen molar-refractivity contribution < 1.29 is 5.11 Å². The van der Waals surface area contributed by atoms with E-state index in [-0.39, 0.29) is 12.6 Å². The van der Waals surface area contributed by atoms with Crippen molar-refractivity contribution in [2.45, 2.75) is 31.8 Å². The summed E-state index contributed by atoms with van der Waals surface area (Å²) in [5.41, 5.74) is 1.87. The van der Waals surface area contributed by atoms with Crippen molar-refractivity contribution in [3.8, 4) is 6.07 Å². The molecule has 3 heteroatoms. The fraction of sp³-hybridized carbons (Fsp3) is 0.500. The Labute approximate surface area is 102 Å². The van der Waals surface area contributed by atoms with E-state index >= 15 is 0 Å². The van der Waals surface area contributed by atoms with Crippen LogP contribution in [-0.4, -0.2) is 29.2 Å². The number of aliphatic hydroxyl groups is 1. The summed E-state index contributed by atoms with van der Waals surface area (Å²) in [5.74, 6) is 0. The maximum atomic E-state index is 9.35. The minimum absolute atomic E-state index is 0.234. The summed E-state index contributed by atoms with van der Waals surface area (Å²) in [6.07, 6.45) is 3.49. The van der Waals surface area contributed by atoms with Crippen LogP contribution in [0.4, 0.5) is 0 Å². The molecule has 2 rings (SSSR count). The molecule has 1 N–H and O–H groups in total. The van der Waals surface area contributed by atoms with Gasteiger partial charge in [0.15, 0.2) is 0 Å². The fourth-order valence-corrected chi connectivity index (χ4v) is 2.45. The van der Waals surface area contributed by atoms with E-state index in [1.54, 1.807) is 0 Å². The third kappa shape index (κ3) is 3.06. The zero-order valence-corrected chi connectivity index (χ0v) is 9.97. The lowest BCUT2D eigenvalue weighted by molar-refractivity contribution is 0.0841. The van der Waals surface area contributed by atoms with Gasteiger partial charge in [-0.25, -0.2) is 0 Å². The molecule has 0 spiro atoms. The van der Waals surface area contributed by atoms with E-state index in [9.17, 15) is 5.11 Å². The van der Waals surface area contributed by atoms with Gasteiger partial charge < -0.3 is 5.11 Å². The van der Waals surface area contributed by atoms with Gasteiger partial charge in [-0.1, -0.05) is 18.6 Å². The maximum absolute atomic E-state index is 9.35. The highest BCUT2D eigenvalue weighted by atomic mass is 16.3. The van der Waals surface area contributed by atoms with Crippen molar-refractivity contribution in [2.75, 3.05) is 13.2 Å². The van der Waals surface area contributed by atoms with Gasteiger partial charge in [-0.05, 0) is 37.1 Å². The van der Waals surface area contributed by atoms with Crippen LogP contribution >= 0.6 is 0 Å². The standard InChI is InChI=1S/C14H18N2O/c15-9-12-4-3-5-13(8-12)10-16-7-2-1-6-14(16)11-17/h3-5,8,14,17H,1-2,6-7,10-11H2. The Hall–Kier alpha value is -1.37. The smallest absolute Gasteiger partial charge is 0.0991 e. The Morgan fingerprint density at radius 3 is 3.06 bits per heavy atom. The molecule has 0 saturated carbocycles. The second-order valence-electron chi connectivity index (χ2n) is 4.61. The van der Waals surface area contributed by atoms with Gasteiger partial charge in [0.05, 0.1) is 18.2 Å². The van der Waals surface area contributed by atoms with Gasteiger partial charge in [0.25, 0.3) is 0 Å². The molecule has 0 radical (unpaired) electrons. The largest absolute Gasteiger partial charge is 0.395 e. The summed E-state index contributed by atoms with van der Waals surface area (Å²) in [6, 6.07) is 10.2. The molecule has 1 aliphatic heterocycles. The predicted octanol–water partition coefficient (Wildman–Crippen LogP) is 1.91. The molecule has 1 atom stereocenters. The molecule has 1 unspecified atom stereocenters. The summed E-state index contributed by atoms with van der Waals surface area (Å²) in [6.45, 7) is 2.11. The zero-order valence-electron chi connectivity index (χ0n) is 9.97. The number of aliphatic hydroxyl groups excluding tert-OH is 1. The van der Waals surface area contributed by atoms with Crippen LogP contribution in [0.2, 0.25) is 0 Å². The van der Waals surface area contributed by atoms with Gasteiger partial charge in [0, 0.05) is 12.6 Å². The molecular weight excluding hydrogens is 212 g/mol. The molecular formula is C14H18N2O. The minimum atomic E-state index is 0.234. The van der Waals surface area contributed by atoms with Gasteiger partial charge in [0.2, 0.25) is 0 Å². The van der Waals surface area contributed by atoms with E-state index in [0.29, 0.717) is 5.56 Å². The monoisotopic (exact) mass is 230 g/mol. The number of nitriles is 1. The molecule has 1 aromatic carbocycles. The Balaban J connectivity index is 2.06. The first-order valence-corrected chi connectivity index (χ1v) is 6.17. The SMILES string of the molecule is N#Cc1cccc(CN2CCCCC2CO)c1. The van der Waals surface area contributed by atoms with Crippen LogP contribution in [0.3, 0.4) is 0 Å². The molecule has 0 aliphatic carbocycles. The zero-order chi connectivity index (χ0) is 12.1. The van der Waals surface area contributed by atoms with Gasteiger partial charge in [-0.15, -0.1) is 0 Å². The lowest BCUT2D eigenvalue weighted by atomic mass is 10.0. The van der Waals surface area contributed by atoms with Crippen molar-refractivity contribution in [1.29, 1.82) is 5.26 Å². The average molecular weight is 230 g/mol. The van der Waals surface area contributed by atoms with Crippen LogP contribution in [0.5, 0.6) is 0 Å². The molecule has 0 amide bonds. The summed E-state index contributed by atoms with van der Waals surface area (Å²) >= 11 is 0. The third-order valence-corrected chi connectivity index (χ3v) is 3.40. The van der Waals surface area contributed by atoms with E-state index in [1.165, 1.54) is 12.8 Å². The third-order valence-electron chi connectivity index (χ3n) is 3.40. The first kappa shape index (κ1) is 12.1. The van der Waals surface area contributed by atoms with Gasteiger partial charge in [-0.2, -0.15) is 5.26 Å². The molecule has 3 nitrogen and oxygen atoms in total. The summed E-state index contributed by atoms with van der Waals surface area (Å²) in [4.78, 5) is 2.32. The van der Waals surface area contributed by atoms with E-state index in [4.69, 9.17) is 5.26 Å². The molecule has 1 saturated heterocycles. The molecule has 90 valence electrons. The Morgan fingerprint density at radius 1 is 1.41 bits per heavy atom. The topological polar surface area (TPSA) is 47.3 Å².